The largest absolute Gasteiger partial charge is 0.468 e. The topological polar surface area (TPSA) is 122 Å². The molecule has 2 N–H and O–H groups in total. The molecule has 9 nitrogen and oxygen atoms in total. The maximum Gasteiger partial charge on any atom is 0.325 e. The molecular formula is C20H22ClN3O6S. The highest BCUT2D eigenvalue weighted by Gasteiger charge is 2.23. The number of hydrogen-bond acceptors (Lipinski definition) is 6. The Labute approximate surface area is 185 Å². The number of esters is 1. The highest BCUT2D eigenvalue weighted by molar-refractivity contribution is 7.89. The minimum absolute atomic E-state index is 0.0297. The van der Waals surface area contributed by atoms with E-state index in [4.69, 9.17) is 11.6 Å². The lowest BCUT2D eigenvalue weighted by molar-refractivity contribution is -0.141. The number of likely N-dealkylation sites (N-methyl/N-ethyl adjacent to an activating group) is 1. The fraction of sp³-hybridized carbons (Fsp3) is 0.250. The van der Waals surface area contributed by atoms with Gasteiger partial charge in [-0.15, -0.1) is 0 Å². The lowest BCUT2D eigenvalue weighted by Crippen LogP contribution is -2.35. The molecule has 166 valence electrons. The first-order chi connectivity index (χ1) is 14.6. The van der Waals surface area contributed by atoms with Crippen molar-refractivity contribution in [3.8, 4) is 0 Å². The number of nitrogens with one attached hydrogen (secondary N) is 2. The van der Waals surface area contributed by atoms with Crippen molar-refractivity contribution < 1.29 is 27.5 Å². The van der Waals surface area contributed by atoms with E-state index in [0.29, 0.717) is 16.3 Å². The predicted octanol–water partition coefficient (Wildman–Crippen LogP) is 1.43. The Morgan fingerprint density at radius 1 is 1.00 bits per heavy atom. The van der Waals surface area contributed by atoms with Crippen molar-refractivity contribution in [2.45, 2.75) is 11.3 Å². The zero-order valence-electron chi connectivity index (χ0n) is 16.9. The van der Waals surface area contributed by atoms with Crippen molar-refractivity contribution in [3.05, 3.63) is 59.1 Å². The number of sulfonamides is 1. The molecule has 0 bridgehead atoms. The lowest BCUT2D eigenvalue weighted by Gasteiger charge is -2.17. The molecule has 0 atom stereocenters. The number of anilines is 1. The standard InChI is InChI=1S/C20H22ClN3O6S/c1-24(31(28,29)17-9-5-15(21)6-10-17)13-19(26)23-16-7-3-14(4-8-16)11-18(25)22-12-20(27)30-2/h3-10H,11-13H2,1-2H3,(H,22,25)(H,23,26). The number of nitrogens with zero attached hydrogens (tertiary/aromatic N) is 1. The van der Waals surface area contributed by atoms with Crippen LogP contribution in [0.3, 0.4) is 0 Å². The molecule has 31 heavy (non-hydrogen) atoms. The first-order valence-electron chi connectivity index (χ1n) is 9.06. The average Bonchev–Trinajstić information content (AvgIpc) is 2.73. The Morgan fingerprint density at radius 2 is 1.61 bits per heavy atom. The normalized spacial score (nSPS) is 11.1. The van der Waals surface area contributed by atoms with Gasteiger partial charge in [0.1, 0.15) is 6.54 Å². The van der Waals surface area contributed by atoms with Crippen LogP contribution in [0.15, 0.2) is 53.4 Å². The van der Waals surface area contributed by atoms with Gasteiger partial charge in [-0.2, -0.15) is 4.31 Å². The van der Waals surface area contributed by atoms with Crippen LogP contribution < -0.4 is 10.6 Å². The van der Waals surface area contributed by atoms with E-state index in [1.807, 2.05) is 0 Å². The molecule has 0 saturated carbocycles. The molecule has 2 aromatic rings. The maximum atomic E-state index is 12.5. The summed E-state index contributed by atoms with van der Waals surface area (Å²) in [4.78, 5) is 35.1. The second-order valence-corrected chi connectivity index (χ2v) is 8.97. The second kappa shape index (κ2) is 10.9. The van der Waals surface area contributed by atoms with Gasteiger partial charge in [0.25, 0.3) is 0 Å². The van der Waals surface area contributed by atoms with Crippen LogP contribution in [0.5, 0.6) is 0 Å². The first kappa shape index (κ1) is 24.3. The highest BCUT2D eigenvalue weighted by Crippen LogP contribution is 2.17. The van der Waals surface area contributed by atoms with Crippen LogP contribution in [0, 0.1) is 0 Å². The van der Waals surface area contributed by atoms with Crippen LogP contribution in [0.25, 0.3) is 0 Å². The molecule has 0 aliphatic heterocycles. The fourth-order valence-corrected chi connectivity index (χ4v) is 3.72. The number of methoxy groups -OCH3 is 1. The summed E-state index contributed by atoms with van der Waals surface area (Å²) in [6.45, 7) is -0.599. The summed E-state index contributed by atoms with van der Waals surface area (Å²) in [5.41, 5.74) is 1.11. The third-order valence-electron chi connectivity index (χ3n) is 4.15. The Kier molecular flexibility index (Phi) is 8.55. The summed E-state index contributed by atoms with van der Waals surface area (Å²) >= 11 is 5.78. The van der Waals surface area contributed by atoms with Crippen LogP contribution in [-0.4, -0.2) is 57.8 Å². The highest BCUT2D eigenvalue weighted by atomic mass is 35.5. The molecule has 0 aliphatic rings. The van der Waals surface area contributed by atoms with Crippen molar-refractivity contribution in [2.24, 2.45) is 0 Å². The Bertz CT molecular complexity index is 1040. The van der Waals surface area contributed by atoms with E-state index in [9.17, 15) is 22.8 Å². The number of carbonyl (C=O) groups excluding carboxylic acids is 3. The van der Waals surface area contributed by atoms with Gasteiger partial charge in [-0.1, -0.05) is 23.7 Å². The molecule has 0 aliphatic carbocycles. The molecule has 0 fully saturated rings. The Hall–Kier alpha value is -2.95. The van der Waals surface area contributed by atoms with E-state index in [2.05, 4.69) is 15.4 Å². The summed E-state index contributed by atoms with van der Waals surface area (Å²) < 4.78 is 30.4. The number of carbonyl (C=O) groups is 3. The molecule has 0 radical (unpaired) electrons. The number of rotatable bonds is 9. The van der Waals surface area contributed by atoms with Gasteiger partial charge in [-0.3, -0.25) is 14.4 Å². The van der Waals surface area contributed by atoms with E-state index in [0.717, 1.165) is 4.31 Å². The fourth-order valence-electron chi connectivity index (χ4n) is 2.47. The molecule has 0 saturated heterocycles. The van der Waals surface area contributed by atoms with Gasteiger partial charge in [0.2, 0.25) is 21.8 Å². The average molecular weight is 468 g/mol. The van der Waals surface area contributed by atoms with Crippen molar-refractivity contribution in [2.75, 3.05) is 32.6 Å². The van der Waals surface area contributed by atoms with Gasteiger partial charge in [0.15, 0.2) is 0 Å². The van der Waals surface area contributed by atoms with E-state index in [-0.39, 0.29) is 30.3 Å². The van der Waals surface area contributed by atoms with Gasteiger partial charge >= 0.3 is 5.97 Å². The second-order valence-electron chi connectivity index (χ2n) is 6.49. The maximum absolute atomic E-state index is 12.5. The van der Waals surface area contributed by atoms with E-state index in [1.165, 1.54) is 38.4 Å². The van der Waals surface area contributed by atoms with E-state index in [1.54, 1.807) is 24.3 Å². The summed E-state index contributed by atoms with van der Waals surface area (Å²) in [6, 6.07) is 12.1. The third kappa shape index (κ3) is 7.35. The van der Waals surface area contributed by atoms with Gasteiger partial charge in [0.05, 0.1) is 25.0 Å². The van der Waals surface area contributed by atoms with E-state index < -0.39 is 21.9 Å². The van der Waals surface area contributed by atoms with Crippen molar-refractivity contribution >= 4 is 45.1 Å². The van der Waals surface area contributed by atoms with Gasteiger partial charge in [-0.25, -0.2) is 8.42 Å². The first-order valence-corrected chi connectivity index (χ1v) is 10.9. The number of hydrogen-bond donors (Lipinski definition) is 2. The van der Waals surface area contributed by atoms with Crippen LogP contribution in [0.4, 0.5) is 5.69 Å². The minimum atomic E-state index is -3.84. The Balaban J connectivity index is 1.90. The molecule has 11 heteroatoms. The monoisotopic (exact) mass is 467 g/mol. The van der Waals surface area contributed by atoms with Crippen molar-refractivity contribution in [1.82, 2.24) is 9.62 Å². The zero-order chi connectivity index (χ0) is 23.0. The molecule has 2 rings (SSSR count). The molecule has 0 unspecified atom stereocenters. The Morgan fingerprint density at radius 3 is 2.19 bits per heavy atom. The summed E-state index contributed by atoms with van der Waals surface area (Å²) in [6.07, 6.45) is 0.0489. The van der Waals surface area contributed by atoms with Crippen LogP contribution in [0.1, 0.15) is 5.56 Å². The molecule has 0 aromatic heterocycles. The molecule has 2 amide bonds. The number of amides is 2. The van der Waals surface area contributed by atoms with E-state index >= 15 is 0 Å². The minimum Gasteiger partial charge on any atom is -0.468 e. The van der Waals surface area contributed by atoms with Crippen LogP contribution in [0.2, 0.25) is 5.02 Å². The molecular weight excluding hydrogens is 446 g/mol. The van der Waals surface area contributed by atoms with Gasteiger partial charge in [0, 0.05) is 17.8 Å². The van der Waals surface area contributed by atoms with Crippen molar-refractivity contribution in [3.63, 3.8) is 0 Å². The molecule has 2 aromatic carbocycles. The quantitative estimate of drug-likeness (QED) is 0.538. The lowest BCUT2D eigenvalue weighted by atomic mass is 10.1. The summed E-state index contributed by atoms with van der Waals surface area (Å²) in [5, 5.41) is 5.44. The van der Waals surface area contributed by atoms with Crippen LogP contribution >= 0.6 is 11.6 Å². The predicted molar refractivity (Wildman–Crippen MR) is 115 cm³/mol. The third-order valence-corrected chi connectivity index (χ3v) is 6.22. The number of ether oxygens (including phenoxy) is 1. The molecule has 0 heterocycles. The smallest absolute Gasteiger partial charge is 0.325 e. The summed E-state index contributed by atoms with van der Waals surface area (Å²) in [5.74, 6) is -1.42. The van der Waals surface area contributed by atoms with Gasteiger partial charge < -0.3 is 15.4 Å². The van der Waals surface area contributed by atoms with Crippen molar-refractivity contribution in [1.29, 1.82) is 0 Å². The molecule has 0 spiro atoms. The summed E-state index contributed by atoms with van der Waals surface area (Å²) in [7, 11) is -1.31. The van der Waals surface area contributed by atoms with Crippen LogP contribution in [-0.2, 0) is 35.6 Å². The number of benzene rings is 2. The SMILES string of the molecule is COC(=O)CNC(=O)Cc1ccc(NC(=O)CN(C)S(=O)(=O)c2ccc(Cl)cc2)cc1. The van der Waals surface area contributed by atoms with Gasteiger partial charge in [-0.05, 0) is 42.0 Å². The number of halogens is 1. The zero-order valence-corrected chi connectivity index (χ0v) is 18.5.